The van der Waals surface area contributed by atoms with Crippen LogP contribution in [0, 0.1) is 5.92 Å². The number of pyridine rings is 1. The van der Waals surface area contributed by atoms with Crippen molar-refractivity contribution in [2.75, 3.05) is 25.5 Å². The fraction of sp³-hybridized carbons (Fsp3) is 0.318. The minimum absolute atomic E-state index is 0.0460. The summed E-state index contributed by atoms with van der Waals surface area (Å²) >= 11 is 1.62. The quantitative estimate of drug-likeness (QED) is 0.448. The molecule has 1 aliphatic carbocycles. The molecule has 2 amide bonds. The first-order valence-electron chi connectivity index (χ1n) is 10.6. The van der Waals surface area contributed by atoms with E-state index in [0.717, 1.165) is 40.1 Å². The van der Waals surface area contributed by atoms with Crippen molar-refractivity contribution in [2.45, 2.75) is 19.3 Å². The third kappa shape index (κ3) is 4.19. The number of aromatic nitrogens is 4. The molecule has 4 aromatic heterocycles. The number of anilines is 2. The molecule has 170 valence electrons. The molecule has 0 spiro atoms. The molecule has 5 rings (SSSR count). The minimum Gasteiger partial charge on any atom is -0.448 e. The zero-order chi connectivity index (χ0) is 22.9. The summed E-state index contributed by atoms with van der Waals surface area (Å²) in [5.41, 5.74) is 8.11. The zero-order valence-electron chi connectivity index (χ0n) is 18.0. The molecule has 0 aromatic carbocycles. The van der Waals surface area contributed by atoms with Crippen molar-refractivity contribution >= 4 is 50.6 Å². The number of carbonyl (C=O) groups is 2. The predicted octanol–water partition coefficient (Wildman–Crippen LogP) is 2.74. The Morgan fingerprint density at radius 1 is 1.36 bits per heavy atom. The number of hydrogen-bond donors (Lipinski definition) is 2. The van der Waals surface area contributed by atoms with E-state index in [2.05, 4.69) is 20.4 Å². The number of nitrogens with zero attached hydrogens (tertiary/aromatic N) is 5. The van der Waals surface area contributed by atoms with Crippen molar-refractivity contribution in [1.29, 1.82) is 0 Å². The smallest absolute Gasteiger partial charge is 0.404 e. The Balaban J connectivity index is 1.36. The van der Waals surface area contributed by atoms with E-state index in [1.165, 1.54) is 10.4 Å². The van der Waals surface area contributed by atoms with Gasteiger partial charge in [-0.3, -0.25) is 4.79 Å². The van der Waals surface area contributed by atoms with Crippen molar-refractivity contribution in [2.24, 2.45) is 11.7 Å². The van der Waals surface area contributed by atoms with Gasteiger partial charge in [0.15, 0.2) is 0 Å². The van der Waals surface area contributed by atoms with Crippen molar-refractivity contribution in [3.8, 4) is 0 Å². The minimum atomic E-state index is -0.834. The Bertz CT molecular complexity index is 1350. The third-order valence-electron chi connectivity index (χ3n) is 5.90. The highest BCUT2D eigenvalue weighted by Gasteiger charge is 2.30. The molecule has 11 heteroatoms. The van der Waals surface area contributed by atoms with Gasteiger partial charge in [-0.25, -0.2) is 19.3 Å². The number of ether oxygens (including phenoxy) is 1. The molecule has 10 nitrogen and oxygen atoms in total. The highest BCUT2D eigenvalue weighted by molar-refractivity contribution is 7.19. The molecular formula is C22H23N7O3S. The number of amides is 2. The van der Waals surface area contributed by atoms with E-state index in [1.807, 2.05) is 24.4 Å². The van der Waals surface area contributed by atoms with Crippen LogP contribution in [0.3, 0.4) is 0 Å². The lowest BCUT2D eigenvalue weighted by molar-refractivity contribution is -0.135. The highest BCUT2D eigenvalue weighted by atomic mass is 32.1. The molecule has 0 radical (unpaired) electrons. The Morgan fingerprint density at radius 3 is 3.09 bits per heavy atom. The number of thiophene rings is 1. The molecule has 0 saturated carbocycles. The van der Waals surface area contributed by atoms with Gasteiger partial charge in [-0.15, -0.1) is 11.3 Å². The summed E-state index contributed by atoms with van der Waals surface area (Å²) in [4.78, 5) is 36.3. The first-order chi connectivity index (χ1) is 16.0. The summed E-state index contributed by atoms with van der Waals surface area (Å²) in [6.07, 6.45) is 6.59. The van der Waals surface area contributed by atoms with Crippen LogP contribution < -0.4 is 11.1 Å². The lowest BCUT2D eigenvalue weighted by Gasteiger charge is -2.26. The van der Waals surface area contributed by atoms with Crippen LogP contribution in [0.2, 0.25) is 0 Å². The van der Waals surface area contributed by atoms with Gasteiger partial charge in [0.1, 0.15) is 23.6 Å². The van der Waals surface area contributed by atoms with Gasteiger partial charge in [-0.2, -0.15) is 5.10 Å². The molecule has 1 aliphatic rings. The largest absolute Gasteiger partial charge is 0.448 e. The number of rotatable bonds is 6. The maximum absolute atomic E-state index is 12.9. The fourth-order valence-corrected chi connectivity index (χ4v) is 5.52. The first kappa shape index (κ1) is 21.1. The number of carbonyl (C=O) groups excluding carboxylic acids is 2. The lowest BCUT2D eigenvalue weighted by atomic mass is 9.87. The van der Waals surface area contributed by atoms with Gasteiger partial charge in [-0.05, 0) is 43.0 Å². The van der Waals surface area contributed by atoms with Crippen LogP contribution in [-0.4, -0.2) is 56.7 Å². The van der Waals surface area contributed by atoms with E-state index in [-0.39, 0.29) is 18.4 Å². The first-order valence-corrected chi connectivity index (χ1v) is 11.4. The standard InChI is InChI=1S/C22H23N7O3S/c1-28(8-9-32-22(23)31)21(30)13-2-3-16-17(10-13)33-20-18(16)19(24-12-25-20)27-14-5-7-29-15(11-14)4-6-26-29/h4-7,11-13H,2-3,8-10H2,1H3,(H2,23,31)(H,24,25,27)/t13-/m0/s1. The number of fused-ring (bicyclic) bond motifs is 4. The summed E-state index contributed by atoms with van der Waals surface area (Å²) in [6.45, 7) is 0.409. The molecule has 0 unspecified atom stereocenters. The normalized spacial score (nSPS) is 15.4. The average Bonchev–Trinajstić information content (AvgIpc) is 3.42. The summed E-state index contributed by atoms with van der Waals surface area (Å²) in [5.74, 6) is 0.703. The van der Waals surface area contributed by atoms with Crippen LogP contribution >= 0.6 is 11.3 Å². The Morgan fingerprint density at radius 2 is 2.24 bits per heavy atom. The van der Waals surface area contributed by atoms with Crippen LogP contribution in [0.1, 0.15) is 16.9 Å². The summed E-state index contributed by atoms with van der Waals surface area (Å²) < 4.78 is 6.55. The van der Waals surface area contributed by atoms with E-state index in [9.17, 15) is 9.59 Å². The van der Waals surface area contributed by atoms with Crippen LogP contribution in [0.25, 0.3) is 15.7 Å². The van der Waals surface area contributed by atoms with Gasteiger partial charge in [-0.1, -0.05) is 0 Å². The van der Waals surface area contributed by atoms with E-state index in [4.69, 9.17) is 10.5 Å². The number of nitrogens with one attached hydrogen (secondary N) is 1. The van der Waals surface area contributed by atoms with Crippen molar-refractivity contribution in [3.63, 3.8) is 0 Å². The van der Waals surface area contributed by atoms with E-state index in [0.29, 0.717) is 13.0 Å². The van der Waals surface area contributed by atoms with Gasteiger partial charge >= 0.3 is 6.09 Å². The Hall–Kier alpha value is -3.73. The van der Waals surface area contributed by atoms with Crippen molar-refractivity contribution < 1.29 is 14.3 Å². The number of hydrogen-bond acceptors (Lipinski definition) is 8. The molecule has 0 aliphatic heterocycles. The number of likely N-dealkylation sites (N-methyl/N-ethyl adjacent to an activating group) is 1. The summed E-state index contributed by atoms with van der Waals surface area (Å²) in [6, 6.07) is 5.92. The van der Waals surface area contributed by atoms with Crippen LogP contribution in [0.4, 0.5) is 16.3 Å². The number of nitrogens with two attached hydrogens (primary N) is 1. The molecule has 0 fully saturated rings. The zero-order valence-corrected chi connectivity index (χ0v) is 18.8. The van der Waals surface area contributed by atoms with Crippen LogP contribution in [-0.2, 0) is 22.4 Å². The predicted molar refractivity (Wildman–Crippen MR) is 125 cm³/mol. The maximum Gasteiger partial charge on any atom is 0.404 e. The van der Waals surface area contributed by atoms with Crippen LogP contribution in [0.15, 0.2) is 36.9 Å². The van der Waals surface area contributed by atoms with E-state index >= 15 is 0 Å². The molecule has 0 bridgehead atoms. The second kappa shape index (κ2) is 8.66. The second-order valence-electron chi connectivity index (χ2n) is 8.01. The van der Waals surface area contributed by atoms with E-state index in [1.54, 1.807) is 40.3 Å². The van der Waals surface area contributed by atoms with Gasteiger partial charge in [0.2, 0.25) is 5.91 Å². The van der Waals surface area contributed by atoms with Gasteiger partial charge in [0.05, 0.1) is 17.4 Å². The molecule has 3 N–H and O–H groups in total. The van der Waals surface area contributed by atoms with Gasteiger partial charge in [0.25, 0.3) is 0 Å². The lowest BCUT2D eigenvalue weighted by Crippen LogP contribution is -2.37. The number of aryl methyl sites for hydroxylation is 1. The topological polar surface area (TPSA) is 128 Å². The Labute approximate surface area is 193 Å². The summed E-state index contributed by atoms with van der Waals surface area (Å²) in [7, 11) is 1.72. The maximum atomic E-state index is 12.9. The molecule has 33 heavy (non-hydrogen) atoms. The molecular weight excluding hydrogens is 442 g/mol. The second-order valence-corrected chi connectivity index (χ2v) is 9.10. The van der Waals surface area contributed by atoms with Crippen molar-refractivity contribution in [1.82, 2.24) is 24.5 Å². The molecule has 1 atom stereocenters. The van der Waals surface area contributed by atoms with Crippen molar-refractivity contribution in [3.05, 3.63) is 47.4 Å². The Kier molecular flexibility index (Phi) is 5.55. The number of primary amides is 1. The molecule has 0 saturated heterocycles. The average molecular weight is 466 g/mol. The molecule has 4 aromatic rings. The monoisotopic (exact) mass is 465 g/mol. The third-order valence-corrected chi connectivity index (χ3v) is 7.07. The summed E-state index contributed by atoms with van der Waals surface area (Å²) in [5, 5.41) is 8.70. The van der Waals surface area contributed by atoms with Gasteiger partial charge in [0, 0.05) is 35.9 Å². The van der Waals surface area contributed by atoms with E-state index < -0.39 is 6.09 Å². The highest BCUT2D eigenvalue weighted by Crippen LogP contribution is 2.40. The van der Waals surface area contributed by atoms with Gasteiger partial charge < -0.3 is 20.7 Å². The molecule has 4 heterocycles. The van der Waals surface area contributed by atoms with Crippen LogP contribution in [0.5, 0.6) is 0 Å². The fourth-order valence-electron chi connectivity index (χ4n) is 4.26. The SMILES string of the molecule is CN(CCOC(N)=O)C(=O)[C@H]1CCc2c(sc3ncnc(Nc4ccn5nccc5c4)c23)C1.